The fourth-order valence-electron chi connectivity index (χ4n) is 2.12. The van der Waals surface area contributed by atoms with Crippen LogP contribution < -0.4 is 0 Å². The van der Waals surface area contributed by atoms with Gasteiger partial charge < -0.3 is 10.0 Å². The minimum atomic E-state index is -0.414. The van der Waals surface area contributed by atoms with E-state index in [0.717, 1.165) is 13.0 Å². The van der Waals surface area contributed by atoms with Gasteiger partial charge in [-0.2, -0.15) is 0 Å². The first-order valence-corrected chi connectivity index (χ1v) is 4.89. The summed E-state index contributed by atoms with van der Waals surface area (Å²) >= 11 is 0. The summed E-state index contributed by atoms with van der Waals surface area (Å²) < 4.78 is 0. The lowest BCUT2D eigenvalue weighted by molar-refractivity contribution is -0.0398. The first kappa shape index (κ1) is 10.0. The van der Waals surface area contributed by atoms with Gasteiger partial charge in [-0.1, -0.05) is 12.8 Å². The summed E-state index contributed by atoms with van der Waals surface area (Å²) in [5, 5.41) is 10.1. The number of aliphatic hydroxyl groups is 1. The number of hydrogen-bond donors (Lipinski definition) is 1. The summed E-state index contributed by atoms with van der Waals surface area (Å²) in [4.78, 5) is 2.17. The molecule has 1 fully saturated rings. The lowest BCUT2D eigenvalue weighted by Gasteiger charge is -2.38. The number of nitrogens with zero attached hydrogens (tertiary/aromatic N) is 1. The van der Waals surface area contributed by atoms with E-state index in [0.29, 0.717) is 5.92 Å². The summed E-state index contributed by atoms with van der Waals surface area (Å²) in [6.45, 7) is 3.01. The maximum Gasteiger partial charge on any atom is 0.0660 e. The molecule has 1 aliphatic carbocycles. The van der Waals surface area contributed by atoms with Crippen LogP contribution in [0.25, 0.3) is 0 Å². The van der Waals surface area contributed by atoms with Gasteiger partial charge in [-0.05, 0) is 33.9 Å². The van der Waals surface area contributed by atoms with Gasteiger partial charge in [0.25, 0.3) is 0 Å². The maximum atomic E-state index is 10.1. The predicted octanol–water partition coefficient (Wildman–Crippen LogP) is 1.49. The highest BCUT2D eigenvalue weighted by Gasteiger charge is 2.34. The normalized spacial score (nSPS) is 37.2. The average molecular weight is 171 g/mol. The molecule has 0 spiro atoms. The molecule has 0 saturated heterocycles. The molecule has 0 amide bonds. The van der Waals surface area contributed by atoms with E-state index < -0.39 is 5.60 Å². The summed E-state index contributed by atoms with van der Waals surface area (Å²) in [5.41, 5.74) is -0.414. The van der Waals surface area contributed by atoms with Crippen molar-refractivity contribution < 1.29 is 5.11 Å². The molecule has 0 radical (unpaired) electrons. The zero-order valence-electron chi connectivity index (χ0n) is 8.51. The van der Waals surface area contributed by atoms with Crippen molar-refractivity contribution in [2.75, 3.05) is 20.6 Å². The molecule has 2 atom stereocenters. The molecule has 0 aromatic rings. The molecule has 0 aromatic carbocycles. The molecule has 1 rings (SSSR count). The summed E-state index contributed by atoms with van der Waals surface area (Å²) in [7, 11) is 4.15. The highest BCUT2D eigenvalue weighted by atomic mass is 16.3. The van der Waals surface area contributed by atoms with E-state index in [-0.39, 0.29) is 0 Å². The minimum Gasteiger partial charge on any atom is -0.390 e. The van der Waals surface area contributed by atoms with Gasteiger partial charge in [0.05, 0.1) is 5.60 Å². The highest BCUT2D eigenvalue weighted by Crippen LogP contribution is 2.33. The Morgan fingerprint density at radius 1 is 1.42 bits per heavy atom. The second-order valence-corrected chi connectivity index (χ2v) is 4.56. The molecule has 12 heavy (non-hydrogen) atoms. The van der Waals surface area contributed by atoms with Gasteiger partial charge in [-0.25, -0.2) is 0 Å². The molecule has 2 unspecified atom stereocenters. The Morgan fingerprint density at radius 3 is 2.58 bits per heavy atom. The Balaban J connectivity index is 2.48. The Morgan fingerprint density at radius 2 is 2.08 bits per heavy atom. The van der Waals surface area contributed by atoms with Crippen molar-refractivity contribution in [1.82, 2.24) is 4.90 Å². The lowest BCUT2D eigenvalue weighted by atomic mass is 9.76. The second kappa shape index (κ2) is 3.75. The van der Waals surface area contributed by atoms with Crippen LogP contribution in [0.4, 0.5) is 0 Å². The zero-order valence-corrected chi connectivity index (χ0v) is 8.51. The van der Waals surface area contributed by atoms with Crippen LogP contribution in [0, 0.1) is 5.92 Å². The Kier molecular flexibility index (Phi) is 3.13. The van der Waals surface area contributed by atoms with E-state index in [1.54, 1.807) is 0 Å². The van der Waals surface area contributed by atoms with Crippen molar-refractivity contribution >= 4 is 0 Å². The van der Waals surface area contributed by atoms with Crippen molar-refractivity contribution in [2.45, 2.75) is 38.2 Å². The van der Waals surface area contributed by atoms with Crippen LogP contribution in [-0.4, -0.2) is 36.2 Å². The van der Waals surface area contributed by atoms with Crippen molar-refractivity contribution in [1.29, 1.82) is 0 Å². The molecular formula is C10H21NO. The maximum absolute atomic E-state index is 10.1. The lowest BCUT2D eigenvalue weighted by Crippen LogP contribution is -2.42. The van der Waals surface area contributed by atoms with Crippen molar-refractivity contribution in [3.8, 4) is 0 Å². The molecule has 1 saturated carbocycles. The molecule has 2 heteroatoms. The van der Waals surface area contributed by atoms with E-state index in [4.69, 9.17) is 0 Å². The first-order valence-electron chi connectivity index (χ1n) is 4.89. The van der Waals surface area contributed by atoms with Gasteiger partial charge in [0.15, 0.2) is 0 Å². The van der Waals surface area contributed by atoms with E-state index in [1.165, 1.54) is 19.3 Å². The average Bonchev–Trinajstić information content (AvgIpc) is 1.92. The van der Waals surface area contributed by atoms with E-state index in [1.807, 2.05) is 6.92 Å². The Hall–Kier alpha value is -0.0800. The predicted molar refractivity (Wildman–Crippen MR) is 51.1 cm³/mol. The van der Waals surface area contributed by atoms with Crippen LogP contribution in [-0.2, 0) is 0 Å². The Bertz CT molecular complexity index is 143. The fourth-order valence-corrected chi connectivity index (χ4v) is 2.12. The molecule has 1 N–H and O–H groups in total. The van der Waals surface area contributed by atoms with Crippen molar-refractivity contribution in [2.24, 2.45) is 5.92 Å². The van der Waals surface area contributed by atoms with Crippen LogP contribution in [0.15, 0.2) is 0 Å². The van der Waals surface area contributed by atoms with Gasteiger partial charge in [0.1, 0.15) is 0 Å². The van der Waals surface area contributed by atoms with E-state index in [9.17, 15) is 5.11 Å². The fraction of sp³-hybridized carbons (Fsp3) is 1.00. The molecule has 1 aliphatic rings. The van der Waals surface area contributed by atoms with Crippen LogP contribution in [0.1, 0.15) is 32.6 Å². The van der Waals surface area contributed by atoms with E-state index in [2.05, 4.69) is 19.0 Å². The van der Waals surface area contributed by atoms with Gasteiger partial charge in [-0.15, -0.1) is 0 Å². The van der Waals surface area contributed by atoms with E-state index >= 15 is 0 Å². The van der Waals surface area contributed by atoms with Gasteiger partial charge >= 0.3 is 0 Å². The largest absolute Gasteiger partial charge is 0.390 e. The molecule has 0 aliphatic heterocycles. The van der Waals surface area contributed by atoms with Crippen LogP contribution >= 0.6 is 0 Å². The molecule has 0 bridgehead atoms. The first-order chi connectivity index (χ1) is 5.52. The zero-order chi connectivity index (χ0) is 9.19. The number of hydrogen-bond acceptors (Lipinski definition) is 2. The van der Waals surface area contributed by atoms with Gasteiger partial charge in [-0.3, -0.25) is 0 Å². The molecule has 0 heterocycles. The van der Waals surface area contributed by atoms with Crippen LogP contribution in [0.5, 0.6) is 0 Å². The quantitative estimate of drug-likeness (QED) is 0.680. The van der Waals surface area contributed by atoms with Crippen molar-refractivity contribution in [3.63, 3.8) is 0 Å². The number of rotatable bonds is 2. The third-order valence-corrected chi connectivity index (χ3v) is 2.95. The summed E-state index contributed by atoms with van der Waals surface area (Å²) in [6.07, 6.45) is 4.64. The monoisotopic (exact) mass is 171 g/mol. The summed E-state index contributed by atoms with van der Waals surface area (Å²) in [6, 6.07) is 0. The minimum absolute atomic E-state index is 0.414. The standard InChI is InChI=1S/C10H21NO/c1-10(12)7-5-4-6-9(10)8-11(2)3/h9,12H,4-8H2,1-3H3. The van der Waals surface area contributed by atoms with Gasteiger partial charge in [0, 0.05) is 12.5 Å². The Labute approximate surface area is 75.6 Å². The second-order valence-electron chi connectivity index (χ2n) is 4.56. The topological polar surface area (TPSA) is 23.5 Å². The molecule has 2 nitrogen and oxygen atoms in total. The van der Waals surface area contributed by atoms with Crippen LogP contribution in [0.2, 0.25) is 0 Å². The molecule has 0 aromatic heterocycles. The highest BCUT2D eigenvalue weighted by molar-refractivity contribution is 4.86. The molecule has 72 valence electrons. The molecular weight excluding hydrogens is 150 g/mol. The smallest absolute Gasteiger partial charge is 0.0660 e. The van der Waals surface area contributed by atoms with Crippen LogP contribution in [0.3, 0.4) is 0 Å². The third kappa shape index (κ3) is 2.46. The SMILES string of the molecule is CN(C)CC1CCCCC1(C)O. The van der Waals surface area contributed by atoms with Gasteiger partial charge in [0.2, 0.25) is 0 Å². The third-order valence-electron chi connectivity index (χ3n) is 2.95. The summed E-state index contributed by atoms with van der Waals surface area (Å²) in [5.74, 6) is 0.473. The van der Waals surface area contributed by atoms with Crippen molar-refractivity contribution in [3.05, 3.63) is 0 Å².